The van der Waals surface area contributed by atoms with Crippen LogP contribution in [0.25, 0.3) is 5.69 Å². The number of rotatable bonds is 11. The molecule has 2 aromatic heterocycles. The van der Waals surface area contributed by atoms with Crippen LogP contribution < -0.4 is 20.2 Å². The molecule has 0 radical (unpaired) electrons. The van der Waals surface area contributed by atoms with Crippen LogP contribution in [0.5, 0.6) is 5.75 Å². The first-order chi connectivity index (χ1) is 25.1. The largest absolute Gasteiger partial charge is 0.491 e. The van der Waals surface area contributed by atoms with Gasteiger partial charge in [0.05, 0.1) is 30.1 Å². The summed E-state index contributed by atoms with van der Waals surface area (Å²) in [5.74, 6) is -1.06. The highest BCUT2D eigenvalue weighted by Gasteiger charge is 2.48. The van der Waals surface area contributed by atoms with Gasteiger partial charge in [-0.15, -0.1) is 0 Å². The third-order valence-corrected chi connectivity index (χ3v) is 9.70. The molecule has 2 aliphatic rings. The van der Waals surface area contributed by atoms with Crippen molar-refractivity contribution in [3.63, 3.8) is 0 Å². The summed E-state index contributed by atoms with van der Waals surface area (Å²) in [5.41, 5.74) is 2.52. The van der Waals surface area contributed by atoms with Crippen molar-refractivity contribution in [3.05, 3.63) is 125 Å². The van der Waals surface area contributed by atoms with Crippen molar-refractivity contribution in [1.29, 1.82) is 0 Å². The van der Waals surface area contributed by atoms with Crippen LogP contribution in [0.1, 0.15) is 43.0 Å². The number of halogens is 3. The summed E-state index contributed by atoms with van der Waals surface area (Å²) in [4.78, 5) is 17.4. The molecular weight excluding hydrogens is 675 g/mol. The van der Waals surface area contributed by atoms with Crippen LogP contribution in [-0.4, -0.2) is 70.0 Å². The summed E-state index contributed by atoms with van der Waals surface area (Å²) < 4.78 is 63.7. The molecule has 1 unspecified atom stereocenters. The number of aromatic nitrogens is 5. The van der Waals surface area contributed by atoms with Gasteiger partial charge in [-0.2, -0.15) is 28.5 Å². The van der Waals surface area contributed by atoms with Gasteiger partial charge in [0.2, 0.25) is 0 Å². The number of ether oxygens (including phenoxy) is 3. The minimum Gasteiger partial charge on any atom is -0.491 e. The van der Waals surface area contributed by atoms with E-state index in [1.807, 2.05) is 62.4 Å². The lowest BCUT2D eigenvalue weighted by Gasteiger charge is -2.37. The molecule has 14 heteroatoms. The average molecular weight is 716 g/mol. The molecule has 2 saturated heterocycles. The second-order valence-corrected chi connectivity index (χ2v) is 13.1. The van der Waals surface area contributed by atoms with E-state index in [1.165, 1.54) is 29.2 Å². The Hall–Kier alpha value is -5.21. The lowest BCUT2D eigenvalue weighted by molar-refractivity contribution is -0.188. The maximum absolute atomic E-state index is 14.1. The fourth-order valence-electron chi connectivity index (χ4n) is 6.69. The van der Waals surface area contributed by atoms with Crippen LogP contribution >= 0.6 is 0 Å². The summed E-state index contributed by atoms with van der Waals surface area (Å²) in [5, 5.41) is 11.9. The Morgan fingerprint density at radius 2 is 1.56 bits per heavy atom. The molecule has 4 heterocycles. The second-order valence-electron chi connectivity index (χ2n) is 13.1. The Morgan fingerprint density at radius 3 is 2.19 bits per heavy atom. The molecule has 0 amide bonds. The molecule has 11 nitrogen and oxygen atoms in total. The zero-order valence-electron chi connectivity index (χ0n) is 28.9. The molecular formula is C38H40F3N7O4. The Morgan fingerprint density at radius 1 is 0.904 bits per heavy atom. The zero-order valence-corrected chi connectivity index (χ0v) is 28.9. The quantitative estimate of drug-likeness (QED) is 0.162. The second kappa shape index (κ2) is 14.8. The van der Waals surface area contributed by atoms with E-state index >= 15 is 0 Å². The summed E-state index contributed by atoms with van der Waals surface area (Å²) in [6, 6.07) is 22.8. The van der Waals surface area contributed by atoms with E-state index in [9.17, 15) is 18.0 Å². The van der Waals surface area contributed by atoms with Gasteiger partial charge < -0.3 is 24.0 Å². The van der Waals surface area contributed by atoms with Gasteiger partial charge in [0.1, 0.15) is 24.8 Å². The summed E-state index contributed by atoms with van der Waals surface area (Å²) >= 11 is 0. The van der Waals surface area contributed by atoms with Gasteiger partial charge in [0, 0.05) is 55.7 Å². The maximum Gasteiger partial charge on any atom is 0.416 e. The van der Waals surface area contributed by atoms with Crippen molar-refractivity contribution < 1.29 is 27.4 Å². The smallest absolute Gasteiger partial charge is 0.416 e. The molecule has 0 spiro atoms. The molecule has 5 aromatic rings. The fourth-order valence-corrected chi connectivity index (χ4v) is 6.69. The van der Waals surface area contributed by atoms with Gasteiger partial charge in [-0.1, -0.05) is 25.1 Å². The molecule has 2 aliphatic heterocycles. The van der Waals surface area contributed by atoms with Gasteiger partial charge in [-0.05, 0) is 79.6 Å². The van der Waals surface area contributed by atoms with Gasteiger partial charge in [-0.25, -0.2) is 14.0 Å². The van der Waals surface area contributed by atoms with Crippen LogP contribution in [0.15, 0.2) is 102 Å². The highest BCUT2D eigenvalue weighted by Crippen LogP contribution is 2.44. The highest BCUT2D eigenvalue weighted by molar-refractivity contribution is 5.54. The minimum absolute atomic E-state index is 0.0195. The Kier molecular flexibility index (Phi) is 10.0. The number of alkyl halides is 3. The summed E-state index contributed by atoms with van der Waals surface area (Å²) in [6.07, 6.45) is 0.188. The van der Waals surface area contributed by atoms with Crippen molar-refractivity contribution in [3.8, 4) is 11.4 Å². The lowest BCUT2D eigenvalue weighted by atomic mass is 9.94. The third kappa shape index (κ3) is 7.39. The molecule has 7 rings (SSSR count). The first kappa shape index (κ1) is 35.2. The molecule has 0 aliphatic carbocycles. The topological polar surface area (TPSA) is 99.8 Å². The normalized spacial score (nSPS) is 19.9. The van der Waals surface area contributed by atoms with E-state index < -0.39 is 23.6 Å². The third-order valence-electron chi connectivity index (χ3n) is 9.70. The number of benzene rings is 3. The van der Waals surface area contributed by atoms with E-state index in [2.05, 4.69) is 25.1 Å². The number of hydrogen-bond acceptors (Lipinski definition) is 9. The fraction of sp³-hybridized carbons (Fsp3) is 0.368. The molecule has 0 saturated carbocycles. The van der Waals surface area contributed by atoms with Gasteiger partial charge in [0.25, 0.3) is 0 Å². The number of anilines is 2. The zero-order chi connectivity index (χ0) is 36.3. The number of nitrogens with zero attached hydrogens (tertiary/aromatic N) is 7. The number of hydrogen-bond donors (Lipinski definition) is 0. The van der Waals surface area contributed by atoms with Crippen molar-refractivity contribution in [1.82, 2.24) is 24.5 Å². The van der Waals surface area contributed by atoms with Crippen molar-refractivity contribution in [2.45, 2.75) is 50.8 Å². The first-order valence-electron chi connectivity index (χ1n) is 17.4. The van der Waals surface area contributed by atoms with E-state index in [4.69, 9.17) is 14.2 Å². The van der Waals surface area contributed by atoms with Gasteiger partial charge >= 0.3 is 11.9 Å². The van der Waals surface area contributed by atoms with E-state index in [-0.39, 0.29) is 36.9 Å². The molecule has 2 fully saturated rings. The Labute approximate surface area is 299 Å². The minimum atomic E-state index is -4.59. The monoisotopic (exact) mass is 715 g/mol. The average Bonchev–Trinajstić information content (AvgIpc) is 3.77. The Balaban J connectivity index is 0.946. The van der Waals surface area contributed by atoms with E-state index in [1.54, 1.807) is 23.0 Å². The predicted octanol–water partition coefficient (Wildman–Crippen LogP) is 6.03. The van der Waals surface area contributed by atoms with Crippen LogP contribution in [0.4, 0.5) is 24.5 Å². The maximum atomic E-state index is 14.1. The molecule has 52 heavy (non-hydrogen) atoms. The van der Waals surface area contributed by atoms with Crippen molar-refractivity contribution >= 4 is 11.4 Å². The van der Waals surface area contributed by atoms with Crippen LogP contribution in [0, 0.1) is 0 Å². The van der Waals surface area contributed by atoms with Crippen LogP contribution in [0.3, 0.4) is 0 Å². The van der Waals surface area contributed by atoms with E-state index in [0.29, 0.717) is 11.3 Å². The standard InChI is InChI=1S/C38H40F3N7O4/c1-3-27(2)48-36(49)47(26-44-48)31-10-8-29(9-11-31)45-18-20-46(21-19-45)30-12-14-32(15-13-30)50-24-33-25-51-37(52-33,22-28-16-17-42-43-23-28)34-6-4-5-7-35(34)38(39,40)41/h4-17,23,26-27,33H,3,18-22,24-25H2,1-2H3/t27?,33-,37-/m1/s1. The van der Waals surface area contributed by atoms with Crippen molar-refractivity contribution in [2.24, 2.45) is 0 Å². The predicted molar refractivity (Wildman–Crippen MR) is 189 cm³/mol. The van der Waals surface area contributed by atoms with E-state index in [0.717, 1.165) is 55.7 Å². The molecule has 3 atom stereocenters. The highest BCUT2D eigenvalue weighted by atomic mass is 19.4. The molecule has 3 aromatic carbocycles. The Bertz CT molecular complexity index is 2000. The SMILES string of the molecule is CCC(C)n1ncn(-c2ccc(N3CCN(c4ccc(OC[C@@H]5CO[C@@](Cc6ccnnc6)(c6ccccc6C(F)(F)F)O5)cc4)CC3)cc2)c1=O. The van der Waals surface area contributed by atoms with Crippen molar-refractivity contribution in [2.75, 3.05) is 49.2 Å². The van der Waals surface area contributed by atoms with Crippen LogP contribution in [-0.2, 0) is 27.9 Å². The molecule has 272 valence electrons. The summed E-state index contributed by atoms with van der Waals surface area (Å²) in [7, 11) is 0. The van der Waals surface area contributed by atoms with Gasteiger partial charge in [-0.3, -0.25) is 0 Å². The van der Waals surface area contributed by atoms with Crippen LogP contribution in [0.2, 0.25) is 0 Å². The number of piperazine rings is 1. The summed E-state index contributed by atoms with van der Waals surface area (Å²) in [6.45, 7) is 7.47. The lowest BCUT2D eigenvalue weighted by Crippen LogP contribution is -2.46. The molecule has 0 N–H and O–H groups in total. The first-order valence-corrected chi connectivity index (χ1v) is 17.4. The van der Waals surface area contributed by atoms with Gasteiger partial charge in [0.15, 0.2) is 5.79 Å². The molecule has 0 bridgehead atoms.